The van der Waals surface area contributed by atoms with Gasteiger partial charge in [0.1, 0.15) is 5.52 Å². The number of piperidine rings is 1. The first-order valence-electron chi connectivity index (χ1n) is 11.2. The fourth-order valence-electron chi connectivity index (χ4n) is 5.07. The molecule has 0 bridgehead atoms. The van der Waals surface area contributed by atoms with E-state index in [0.29, 0.717) is 24.4 Å². The Bertz CT molecular complexity index is 1260. The zero-order valence-corrected chi connectivity index (χ0v) is 18.0. The van der Waals surface area contributed by atoms with Crippen molar-refractivity contribution in [3.05, 3.63) is 83.9 Å². The summed E-state index contributed by atoms with van der Waals surface area (Å²) >= 11 is 0. The van der Waals surface area contributed by atoms with Crippen LogP contribution >= 0.6 is 0 Å². The van der Waals surface area contributed by atoms with Crippen LogP contribution in [0.3, 0.4) is 0 Å². The fourth-order valence-corrected chi connectivity index (χ4v) is 5.07. The van der Waals surface area contributed by atoms with Gasteiger partial charge in [0.15, 0.2) is 5.58 Å². The number of hydrogen-bond acceptors (Lipinski definition) is 4. The highest BCUT2D eigenvalue weighted by molar-refractivity contribution is 6.01. The summed E-state index contributed by atoms with van der Waals surface area (Å²) < 4.78 is 5.82. The average Bonchev–Trinajstić information content (AvgIpc) is 3.31. The molecular weight excluding hydrogens is 398 g/mol. The molecule has 1 N–H and O–H groups in total. The molecule has 4 aromatic rings. The Balaban J connectivity index is 1.26. The van der Waals surface area contributed by atoms with E-state index in [1.165, 1.54) is 6.42 Å². The molecule has 2 fully saturated rings. The molecule has 32 heavy (non-hydrogen) atoms. The molecule has 1 saturated heterocycles. The molecule has 0 spiro atoms. The number of rotatable bonds is 5. The molecule has 2 heterocycles. The van der Waals surface area contributed by atoms with Crippen molar-refractivity contribution in [2.75, 3.05) is 18.4 Å². The summed E-state index contributed by atoms with van der Waals surface area (Å²) in [5, 5.41) is 3.36. The van der Waals surface area contributed by atoms with Gasteiger partial charge in [0.25, 0.3) is 11.9 Å². The minimum Gasteiger partial charge on any atom is -0.424 e. The Morgan fingerprint density at radius 3 is 2.75 bits per heavy atom. The van der Waals surface area contributed by atoms with Gasteiger partial charge in [-0.15, -0.1) is 0 Å². The van der Waals surface area contributed by atoms with Crippen LogP contribution in [0.15, 0.2) is 77.2 Å². The van der Waals surface area contributed by atoms with Gasteiger partial charge in [-0.2, -0.15) is 4.98 Å². The van der Waals surface area contributed by atoms with Crippen molar-refractivity contribution in [3.8, 4) is 11.1 Å². The minimum atomic E-state index is 0.115. The van der Waals surface area contributed by atoms with Gasteiger partial charge in [0.2, 0.25) is 0 Å². The highest BCUT2D eigenvalue weighted by Crippen LogP contribution is 2.50. The van der Waals surface area contributed by atoms with Crippen LogP contribution in [0.25, 0.3) is 22.2 Å². The summed E-state index contributed by atoms with van der Waals surface area (Å²) in [5.41, 5.74) is 5.55. The van der Waals surface area contributed by atoms with Crippen molar-refractivity contribution in [2.45, 2.75) is 19.4 Å². The van der Waals surface area contributed by atoms with Crippen LogP contribution in [0, 0.1) is 18.8 Å². The third-order valence-corrected chi connectivity index (χ3v) is 6.81. The highest BCUT2D eigenvalue weighted by Gasteiger charge is 2.54. The normalized spacial score (nSPS) is 21.5. The number of likely N-dealkylation sites (tertiary alicyclic amines) is 1. The van der Waals surface area contributed by atoms with Crippen LogP contribution in [-0.4, -0.2) is 34.9 Å². The van der Waals surface area contributed by atoms with E-state index in [1.54, 1.807) is 0 Å². The molecule has 1 saturated carbocycles. The Labute approximate surface area is 187 Å². The molecule has 1 aromatic heterocycles. The van der Waals surface area contributed by atoms with E-state index in [0.717, 1.165) is 39.9 Å². The van der Waals surface area contributed by atoms with Crippen LogP contribution < -0.4 is 5.32 Å². The van der Waals surface area contributed by atoms with Gasteiger partial charge in [0, 0.05) is 18.7 Å². The number of nitrogens with one attached hydrogen (secondary N) is 1. The number of fused-ring (bicyclic) bond motifs is 2. The van der Waals surface area contributed by atoms with Crippen molar-refractivity contribution in [3.63, 3.8) is 0 Å². The van der Waals surface area contributed by atoms with Crippen LogP contribution in [0.5, 0.6) is 0 Å². The second-order valence-electron chi connectivity index (χ2n) is 8.97. The van der Waals surface area contributed by atoms with E-state index < -0.39 is 0 Å². The van der Waals surface area contributed by atoms with Gasteiger partial charge in [-0.3, -0.25) is 4.79 Å². The monoisotopic (exact) mass is 423 g/mol. The van der Waals surface area contributed by atoms with Crippen molar-refractivity contribution in [1.82, 2.24) is 9.88 Å². The first-order valence-corrected chi connectivity index (χ1v) is 11.2. The number of hydrogen-bond donors (Lipinski definition) is 1. The Hall–Kier alpha value is -3.60. The van der Waals surface area contributed by atoms with E-state index in [4.69, 9.17) is 4.42 Å². The average molecular weight is 424 g/mol. The SMILES string of the molecule is Cc1ccc(-c2ccccc2)c(C(=O)N2C[C@H]3C[C@H]3[C@H]2CNc2nc3ccccc3o2)c1. The molecule has 0 unspecified atom stereocenters. The van der Waals surface area contributed by atoms with E-state index >= 15 is 0 Å². The third-order valence-electron chi connectivity index (χ3n) is 6.81. The lowest BCUT2D eigenvalue weighted by molar-refractivity contribution is 0.0715. The lowest BCUT2D eigenvalue weighted by Crippen LogP contribution is -2.42. The number of anilines is 1. The van der Waals surface area contributed by atoms with Crippen LogP contribution in [0.1, 0.15) is 22.3 Å². The maximum absolute atomic E-state index is 13.8. The molecule has 2 aliphatic rings. The Morgan fingerprint density at radius 2 is 1.91 bits per heavy atom. The van der Waals surface area contributed by atoms with Crippen molar-refractivity contribution in [2.24, 2.45) is 11.8 Å². The van der Waals surface area contributed by atoms with Crippen molar-refractivity contribution in [1.29, 1.82) is 0 Å². The zero-order chi connectivity index (χ0) is 21.7. The second kappa shape index (κ2) is 7.52. The number of nitrogens with zero attached hydrogens (tertiary/aromatic N) is 2. The summed E-state index contributed by atoms with van der Waals surface area (Å²) in [6.45, 7) is 3.51. The van der Waals surface area contributed by atoms with E-state index in [1.807, 2.05) is 55.5 Å². The summed E-state index contributed by atoms with van der Waals surface area (Å²) in [6.07, 6.45) is 1.20. The summed E-state index contributed by atoms with van der Waals surface area (Å²) in [7, 11) is 0. The number of benzene rings is 3. The lowest BCUT2D eigenvalue weighted by Gasteiger charge is -2.28. The van der Waals surface area contributed by atoms with E-state index in [2.05, 4.69) is 39.5 Å². The van der Waals surface area contributed by atoms with Gasteiger partial charge in [0.05, 0.1) is 6.04 Å². The predicted octanol–water partition coefficient (Wildman–Crippen LogP) is 5.38. The Morgan fingerprint density at radius 1 is 1.09 bits per heavy atom. The van der Waals surface area contributed by atoms with E-state index in [-0.39, 0.29) is 11.9 Å². The number of carbonyl (C=O) groups excluding carboxylic acids is 1. The summed E-state index contributed by atoms with van der Waals surface area (Å²) in [6, 6.07) is 24.7. The van der Waals surface area contributed by atoms with Crippen LogP contribution in [0.2, 0.25) is 0 Å². The number of carbonyl (C=O) groups is 1. The number of oxazole rings is 1. The van der Waals surface area contributed by atoms with Gasteiger partial charge >= 0.3 is 0 Å². The van der Waals surface area contributed by atoms with Gasteiger partial charge in [-0.05, 0) is 54.5 Å². The summed E-state index contributed by atoms with van der Waals surface area (Å²) in [5.74, 6) is 1.28. The molecule has 1 amide bonds. The van der Waals surface area contributed by atoms with Gasteiger partial charge in [-0.1, -0.05) is 60.2 Å². The topological polar surface area (TPSA) is 58.4 Å². The number of amides is 1. The number of para-hydroxylation sites is 2. The van der Waals surface area contributed by atoms with Gasteiger partial charge in [-0.25, -0.2) is 0 Å². The third kappa shape index (κ3) is 3.34. The first kappa shape index (κ1) is 19.1. The molecule has 6 rings (SSSR count). The molecule has 5 heteroatoms. The molecule has 3 atom stereocenters. The molecule has 1 aliphatic carbocycles. The molecular formula is C27H25N3O2. The molecule has 5 nitrogen and oxygen atoms in total. The number of aryl methyl sites for hydroxylation is 1. The molecule has 1 aliphatic heterocycles. The Kier molecular flexibility index (Phi) is 4.49. The minimum absolute atomic E-state index is 0.115. The predicted molar refractivity (Wildman–Crippen MR) is 126 cm³/mol. The van der Waals surface area contributed by atoms with Crippen LogP contribution in [0.4, 0.5) is 6.01 Å². The van der Waals surface area contributed by atoms with E-state index in [9.17, 15) is 4.79 Å². The highest BCUT2D eigenvalue weighted by atomic mass is 16.4. The van der Waals surface area contributed by atoms with Crippen LogP contribution in [-0.2, 0) is 0 Å². The molecule has 160 valence electrons. The maximum Gasteiger partial charge on any atom is 0.295 e. The lowest BCUT2D eigenvalue weighted by atomic mass is 9.96. The first-order chi connectivity index (χ1) is 15.7. The summed E-state index contributed by atoms with van der Waals surface area (Å²) in [4.78, 5) is 20.4. The smallest absolute Gasteiger partial charge is 0.295 e. The fraction of sp³-hybridized carbons (Fsp3) is 0.259. The van der Waals surface area contributed by atoms with Crippen molar-refractivity contribution >= 4 is 23.0 Å². The molecule has 3 aromatic carbocycles. The maximum atomic E-state index is 13.8. The second-order valence-corrected chi connectivity index (χ2v) is 8.97. The largest absolute Gasteiger partial charge is 0.424 e. The quantitative estimate of drug-likeness (QED) is 0.468. The number of aromatic nitrogens is 1. The molecule has 0 radical (unpaired) electrons. The van der Waals surface area contributed by atoms with Crippen molar-refractivity contribution < 1.29 is 9.21 Å². The standard InChI is InChI=1S/C27H25N3O2/c1-17-11-12-20(18-7-3-2-4-8-18)22(13-17)26(31)30-16-19-14-21(19)24(30)15-28-27-29-23-9-5-6-10-25(23)32-27/h2-13,19,21,24H,14-16H2,1H3,(H,28,29)/t19-,21-,24-/m1/s1. The zero-order valence-electron chi connectivity index (χ0n) is 18.0. The van der Waals surface area contributed by atoms with Gasteiger partial charge < -0.3 is 14.6 Å².